The molecule has 0 atom stereocenters. The van der Waals surface area contributed by atoms with Gasteiger partial charge in [-0.3, -0.25) is 19.2 Å². The highest BCUT2D eigenvalue weighted by molar-refractivity contribution is 14.1. The Bertz CT molecular complexity index is 5300. The van der Waals surface area contributed by atoms with Crippen LogP contribution in [0, 0.1) is 21.0 Å². The lowest BCUT2D eigenvalue weighted by Crippen LogP contribution is -2.33. The monoisotopic (exact) mass is 1540 g/mol. The van der Waals surface area contributed by atoms with Gasteiger partial charge in [0.1, 0.15) is 78.2 Å². The van der Waals surface area contributed by atoms with Gasteiger partial charge >= 0.3 is 5.97 Å². The Morgan fingerprint density at radius 3 is 1.04 bits per heavy atom. The van der Waals surface area contributed by atoms with E-state index in [1.54, 1.807) is 72.8 Å². The van der Waals surface area contributed by atoms with Gasteiger partial charge in [-0.05, 0) is 153 Å². The zero-order valence-electron chi connectivity index (χ0n) is 53.8. The number of hydrogen-bond donors (Lipinski definition) is 10. The summed E-state index contributed by atoms with van der Waals surface area (Å²) in [6, 6.07) is 34.2. The molecule has 13 rings (SSSR count). The number of amides is 4. The lowest BCUT2D eigenvalue weighted by atomic mass is 9.99. The number of carboxylic acids is 2. The Morgan fingerprint density at radius 2 is 0.699 bits per heavy atom. The molecule has 0 aliphatic heterocycles. The van der Waals surface area contributed by atoms with Crippen LogP contribution in [0.2, 0.25) is 10.0 Å². The molecule has 15 N–H and O–H groups in total. The molecule has 0 spiro atoms. The zero-order chi connectivity index (χ0) is 74.2. The van der Waals surface area contributed by atoms with Gasteiger partial charge < -0.3 is 64.9 Å². The molecule has 5 heterocycles. The SMILES string of the molecule is CC(=O)NCCNC(=O)c1cc(-c2cccc(F)c2)cc2c(N)ncnc12.CC(=O)NCCNC(=O)c1cc(-c2cccc(F)c2)cc2c(N)ncnc12.Nc1ncnc2c(C(=O)O)cc(-c3cccc(F)c3)cc12.Nc1ncnc2c(C(=O)[O-])cc(Cl)cc12.Nc1ncnc2c(I)cc(Cl)cc12. The van der Waals surface area contributed by atoms with Crippen LogP contribution in [-0.4, -0.2) is 117 Å². The average Bonchev–Trinajstić information content (AvgIpc) is 0.797. The minimum atomic E-state index is -1.35. The van der Waals surface area contributed by atoms with Crippen molar-refractivity contribution < 1.29 is 52.2 Å². The fourth-order valence-electron chi connectivity index (χ4n) is 10.0. The molecule has 522 valence electrons. The Balaban J connectivity index is 0.000000153. The van der Waals surface area contributed by atoms with Gasteiger partial charge in [0.25, 0.3) is 11.8 Å². The number of anilines is 5. The molecule has 0 aliphatic rings. The third kappa shape index (κ3) is 19.0. The number of nitrogen functional groups attached to an aromatic ring is 5. The second-order valence-corrected chi connectivity index (χ2v) is 23.8. The van der Waals surface area contributed by atoms with E-state index in [2.05, 4.69) is 93.7 Å². The number of halogens is 6. The summed E-state index contributed by atoms with van der Waals surface area (Å²) in [7, 11) is 0. The maximum Gasteiger partial charge on any atom is 0.337 e. The van der Waals surface area contributed by atoms with E-state index >= 15 is 0 Å². The molecule has 0 aliphatic carbocycles. The molecular weight excluding hydrogens is 1490 g/mol. The van der Waals surface area contributed by atoms with E-state index in [1.807, 2.05) is 6.07 Å². The van der Waals surface area contributed by atoms with E-state index in [0.29, 0.717) is 101 Å². The van der Waals surface area contributed by atoms with E-state index in [-0.39, 0.29) is 98.8 Å². The molecule has 0 radical (unpaired) electrons. The number of fused-ring (bicyclic) bond motifs is 5. The van der Waals surface area contributed by atoms with Crippen LogP contribution in [0.4, 0.5) is 42.3 Å². The van der Waals surface area contributed by atoms with Crippen molar-refractivity contribution in [2.75, 3.05) is 54.8 Å². The molecule has 0 bridgehead atoms. The van der Waals surface area contributed by atoms with Crippen LogP contribution in [0.15, 0.2) is 165 Å². The van der Waals surface area contributed by atoms with Crippen LogP contribution in [0.1, 0.15) is 55.3 Å². The summed E-state index contributed by atoms with van der Waals surface area (Å²) in [6.45, 7) is 3.92. The van der Waals surface area contributed by atoms with Crippen molar-refractivity contribution in [2.45, 2.75) is 13.8 Å². The molecular formula is C70H56Cl2F3IN19O8-. The van der Waals surface area contributed by atoms with Crippen molar-refractivity contribution in [3.05, 3.63) is 218 Å². The number of nitrogens with two attached hydrogens (primary N) is 5. The normalized spacial score (nSPS) is 10.6. The first kappa shape index (κ1) is 74.6. The number of rotatable bonds is 13. The number of nitrogens with one attached hydrogen (secondary N) is 4. The fraction of sp³-hybridized carbons (Fsp3) is 0.0857. The second-order valence-electron chi connectivity index (χ2n) is 21.8. The molecule has 33 heteroatoms. The Labute approximate surface area is 605 Å². The maximum atomic E-state index is 13.6. The molecule has 103 heavy (non-hydrogen) atoms. The molecule has 0 saturated carbocycles. The lowest BCUT2D eigenvalue weighted by molar-refractivity contribution is -0.254. The zero-order valence-corrected chi connectivity index (χ0v) is 57.5. The van der Waals surface area contributed by atoms with Gasteiger partial charge in [-0.2, -0.15) is 0 Å². The summed E-state index contributed by atoms with van der Waals surface area (Å²) in [4.78, 5) is 109. The van der Waals surface area contributed by atoms with Gasteiger partial charge in [0.2, 0.25) is 11.8 Å². The predicted molar refractivity (Wildman–Crippen MR) is 392 cm³/mol. The van der Waals surface area contributed by atoms with E-state index in [0.717, 1.165) is 14.5 Å². The number of carboxylic acid groups (broad SMARTS) is 2. The first-order valence-corrected chi connectivity index (χ1v) is 32.0. The fourth-order valence-corrected chi connectivity index (χ4v) is 11.4. The maximum absolute atomic E-state index is 13.6. The quantitative estimate of drug-likeness (QED) is 0.0379. The van der Waals surface area contributed by atoms with Gasteiger partial charge in [-0.15, -0.1) is 0 Å². The summed E-state index contributed by atoms with van der Waals surface area (Å²) in [5.74, 6) is -3.46. The summed E-state index contributed by atoms with van der Waals surface area (Å²) in [5.41, 5.74) is 35.1. The van der Waals surface area contributed by atoms with Crippen LogP contribution in [0.25, 0.3) is 87.9 Å². The number of aromatic nitrogens is 10. The molecule has 13 aromatic rings. The standard InChI is InChI=1S/2C19H18FN5O2.C15H10FN3O2.C9H6ClN3O2.C8H5ClIN3/c2*1-11(26)22-5-6-23-19(27)16-9-13(12-3-2-4-14(20)7-12)8-15-17(16)24-10-25-18(15)21;16-10-3-1-2-8(4-10)9-5-11-13(12(6-9)15(20)21)18-7-19-14(11)17;10-4-1-5-7(6(2-4)9(14)15)12-3-13-8(5)11;9-4-1-5-7(6(10)2-4)12-3-13-8(5)11/h2*2-4,7-10H,5-6H2,1H3,(H,22,26)(H,23,27)(H2,21,24,25);1-7H,(H,20,21)(H2,17,18,19);1-3H,(H,14,15)(H2,11,12,13);1-3H,(H2,11,12,13)/p-1. The van der Waals surface area contributed by atoms with Gasteiger partial charge in [0.05, 0.1) is 50.2 Å². The molecule has 0 saturated heterocycles. The average molecular weight is 1550 g/mol. The van der Waals surface area contributed by atoms with Gasteiger partial charge in [-0.1, -0.05) is 59.6 Å². The van der Waals surface area contributed by atoms with Crippen LogP contribution in [-0.2, 0) is 9.59 Å². The smallest absolute Gasteiger partial charge is 0.337 e. The third-order valence-electron chi connectivity index (χ3n) is 14.7. The number of benzene rings is 8. The number of nitrogens with zero attached hydrogens (tertiary/aromatic N) is 10. The minimum Gasteiger partial charge on any atom is -0.545 e. The lowest BCUT2D eigenvalue weighted by Gasteiger charge is -2.12. The summed E-state index contributed by atoms with van der Waals surface area (Å²) < 4.78 is 41.5. The van der Waals surface area contributed by atoms with E-state index in [1.165, 1.54) is 100 Å². The largest absolute Gasteiger partial charge is 0.545 e. The number of hydrogen-bond acceptors (Lipinski definition) is 22. The van der Waals surface area contributed by atoms with Crippen molar-refractivity contribution in [3.8, 4) is 33.4 Å². The Hall–Kier alpha value is -12.6. The summed E-state index contributed by atoms with van der Waals surface area (Å²) in [5, 5.41) is 34.3. The van der Waals surface area contributed by atoms with Crippen molar-refractivity contribution in [1.29, 1.82) is 0 Å². The van der Waals surface area contributed by atoms with E-state index in [4.69, 9.17) is 51.9 Å². The Kier molecular flexibility index (Phi) is 24.6. The van der Waals surface area contributed by atoms with E-state index in [9.17, 15) is 52.2 Å². The van der Waals surface area contributed by atoms with Crippen molar-refractivity contribution in [2.24, 2.45) is 0 Å². The summed E-state index contributed by atoms with van der Waals surface area (Å²) in [6.07, 6.45) is 6.43. The molecule has 4 amide bonds. The van der Waals surface area contributed by atoms with Crippen LogP contribution in [0.3, 0.4) is 0 Å². The molecule has 8 aromatic carbocycles. The topological polar surface area (TPSA) is 453 Å². The molecule has 0 unspecified atom stereocenters. The van der Waals surface area contributed by atoms with Gasteiger partial charge in [-0.25, -0.2) is 67.8 Å². The van der Waals surface area contributed by atoms with Gasteiger partial charge in [0, 0.05) is 86.1 Å². The van der Waals surface area contributed by atoms with Crippen LogP contribution < -0.4 is 55.0 Å². The highest BCUT2D eigenvalue weighted by Crippen LogP contribution is 2.34. The van der Waals surface area contributed by atoms with Crippen molar-refractivity contribution in [1.82, 2.24) is 71.1 Å². The van der Waals surface area contributed by atoms with Gasteiger partial charge in [0.15, 0.2) is 0 Å². The first-order chi connectivity index (χ1) is 49.2. The second kappa shape index (κ2) is 34.0. The van der Waals surface area contributed by atoms with Crippen LogP contribution >= 0.6 is 45.8 Å². The predicted octanol–water partition coefficient (Wildman–Crippen LogP) is 9.18. The number of carbonyl (C=O) groups excluding carboxylic acids is 5. The number of aromatic carboxylic acids is 2. The van der Waals surface area contributed by atoms with Crippen LogP contribution in [0.5, 0.6) is 0 Å². The van der Waals surface area contributed by atoms with Crippen molar-refractivity contribution in [3.63, 3.8) is 0 Å². The highest BCUT2D eigenvalue weighted by Gasteiger charge is 2.20. The highest BCUT2D eigenvalue weighted by atomic mass is 127. The number of carbonyl (C=O) groups is 6. The first-order valence-electron chi connectivity index (χ1n) is 30.2. The molecule has 5 aromatic heterocycles. The third-order valence-corrected chi connectivity index (χ3v) is 16.0. The summed E-state index contributed by atoms with van der Waals surface area (Å²) >= 11 is 13.8. The molecule has 27 nitrogen and oxygen atoms in total. The minimum absolute atomic E-state index is 0.000797. The van der Waals surface area contributed by atoms with Crippen molar-refractivity contribution >= 4 is 165 Å². The molecule has 0 fully saturated rings. The Morgan fingerprint density at radius 1 is 0.398 bits per heavy atom. The van der Waals surface area contributed by atoms with E-state index < -0.39 is 17.8 Å².